The molecule has 0 saturated heterocycles. The molecule has 1 unspecified atom stereocenters. The lowest BCUT2D eigenvalue weighted by molar-refractivity contribution is -0.137. The quantitative estimate of drug-likeness (QED) is 0.834. The molecular weight excluding hydrogens is 308 g/mol. The molecule has 120 valence electrons. The summed E-state index contributed by atoms with van der Waals surface area (Å²) in [6, 6.07) is 18.1. The molecular formula is C19H20O3S. The zero-order chi connectivity index (χ0) is 16.9. The maximum atomic E-state index is 11.6. The number of carbonyl (C=O) groups excluding carboxylic acids is 1. The monoisotopic (exact) mass is 328 g/mol. The summed E-state index contributed by atoms with van der Waals surface area (Å²) in [5, 5.41) is 8.95. The summed E-state index contributed by atoms with van der Waals surface area (Å²) in [5.41, 5.74) is 3.20. The van der Waals surface area contributed by atoms with Gasteiger partial charge in [0.15, 0.2) is 5.12 Å². The van der Waals surface area contributed by atoms with E-state index in [2.05, 4.69) is 0 Å². The molecule has 0 amide bonds. The fraction of sp³-hybridized carbons (Fsp3) is 0.263. The van der Waals surface area contributed by atoms with E-state index < -0.39 is 10.7 Å². The second-order valence-corrected chi connectivity index (χ2v) is 7.34. The minimum absolute atomic E-state index is 0.00924. The van der Waals surface area contributed by atoms with Gasteiger partial charge in [-0.2, -0.15) is 0 Å². The third-order valence-corrected chi connectivity index (χ3v) is 4.97. The largest absolute Gasteiger partial charge is 0.481 e. The van der Waals surface area contributed by atoms with E-state index in [4.69, 9.17) is 5.11 Å². The number of benzene rings is 2. The Morgan fingerprint density at radius 3 is 2.09 bits per heavy atom. The van der Waals surface area contributed by atoms with Crippen LogP contribution in [0.15, 0.2) is 54.6 Å². The molecule has 0 aliphatic rings. The molecule has 3 nitrogen and oxygen atoms in total. The Morgan fingerprint density at radius 1 is 1.00 bits per heavy atom. The lowest BCUT2D eigenvalue weighted by atomic mass is 9.93. The van der Waals surface area contributed by atoms with Crippen molar-refractivity contribution in [2.45, 2.75) is 31.4 Å². The van der Waals surface area contributed by atoms with Gasteiger partial charge in [0.1, 0.15) is 0 Å². The summed E-state index contributed by atoms with van der Waals surface area (Å²) in [5.74, 6) is -0.846. The molecule has 0 aliphatic carbocycles. The van der Waals surface area contributed by atoms with E-state index in [1.807, 2.05) is 61.5 Å². The van der Waals surface area contributed by atoms with Crippen LogP contribution in [0.3, 0.4) is 0 Å². The molecule has 0 saturated carbocycles. The van der Waals surface area contributed by atoms with E-state index >= 15 is 0 Å². The van der Waals surface area contributed by atoms with Crippen LogP contribution in [0, 0.1) is 0 Å². The van der Waals surface area contributed by atoms with Crippen molar-refractivity contribution in [2.75, 3.05) is 0 Å². The average Bonchev–Trinajstić information content (AvgIpc) is 2.53. The maximum absolute atomic E-state index is 11.6. The molecule has 0 aromatic heterocycles. The zero-order valence-electron chi connectivity index (χ0n) is 13.3. The van der Waals surface area contributed by atoms with Crippen molar-refractivity contribution < 1.29 is 14.7 Å². The summed E-state index contributed by atoms with van der Waals surface area (Å²) >= 11 is 1.20. The second-order valence-electron chi connectivity index (χ2n) is 5.66. The van der Waals surface area contributed by atoms with Gasteiger partial charge in [-0.3, -0.25) is 9.59 Å². The summed E-state index contributed by atoms with van der Waals surface area (Å²) in [4.78, 5) is 22.5. The first-order chi connectivity index (χ1) is 10.9. The van der Waals surface area contributed by atoms with Crippen molar-refractivity contribution in [3.63, 3.8) is 0 Å². The highest BCUT2D eigenvalue weighted by Gasteiger charge is 2.30. The van der Waals surface area contributed by atoms with Gasteiger partial charge in [-0.05, 0) is 30.0 Å². The molecule has 0 aliphatic heterocycles. The summed E-state index contributed by atoms with van der Waals surface area (Å²) < 4.78 is -0.528. The van der Waals surface area contributed by atoms with Gasteiger partial charge in [-0.25, -0.2) is 0 Å². The van der Waals surface area contributed by atoms with Gasteiger partial charge in [-0.1, -0.05) is 66.4 Å². The summed E-state index contributed by atoms with van der Waals surface area (Å²) in [6.07, 6.45) is 0.453. The molecule has 1 atom stereocenters. The molecule has 23 heavy (non-hydrogen) atoms. The average molecular weight is 328 g/mol. The highest BCUT2D eigenvalue weighted by atomic mass is 32.2. The Morgan fingerprint density at radius 2 is 1.57 bits per heavy atom. The smallest absolute Gasteiger partial charge is 0.303 e. The van der Waals surface area contributed by atoms with Crippen molar-refractivity contribution in [1.82, 2.24) is 0 Å². The first-order valence-corrected chi connectivity index (χ1v) is 8.30. The molecule has 0 radical (unpaired) electrons. The maximum Gasteiger partial charge on any atom is 0.303 e. The van der Waals surface area contributed by atoms with Crippen molar-refractivity contribution in [3.8, 4) is 11.1 Å². The number of carbonyl (C=O) groups is 2. The molecule has 2 aromatic rings. The number of carboxylic acids is 1. The number of aliphatic carboxylic acids is 1. The van der Waals surface area contributed by atoms with E-state index in [1.54, 1.807) is 0 Å². The molecule has 0 bridgehead atoms. The van der Waals surface area contributed by atoms with Crippen LogP contribution in [-0.2, 0) is 14.3 Å². The van der Waals surface area contributed by atoms with Crippen LogP contribution in [0.5, 0.6) is 0 Å². The van der Waals surface area contributed by atoms with E-state index in [0.717, 1.165) is 16.7 Å². The number of hydrogen-bond acceptors (Lipinski definition) is 3. The van der Waals surface area contributed by atoms with E-state index in [9.17, 15) is 9.59 Å². The molecule has 0 heterocycles. The van der Waals surface area contributed by atoms with Crippen LogP contribution in [0.25, 0.3) is 11.1 Å². The first kappa shape index (κ1) is 17.3. The van der Waals surface area contributed by atoms with Crippen LogP contribution < -0.4 is 0 Å². The fourth-order valence-corrected chi connectivity index (χ4v) is 3.66. The van der Waals surface area contributed by atoms with Crippen molar-refractivity contribution in [3.05, 3.63) is 60.2 Å². The topological polar surface area (TPSA) is 54.4 Å². The van der Waals surface area contributed by atoms with Crippen LogP contribution in [0.4, 0.5) is 0 Å². The van der Waals surface area contributed by atoms with Crippen molar-refractivity contribution >= 4 is 22.8 Å². The lowest BCUT2D eigenvalue weighted by Gasteiger charge is -2.28. The minimum Gasteiger partial charge on any atom is -0.481 e. The molecule has 0 spiro atoms. The Kier molecular flexibility index (Phi) is 5.61. The number of thioether (sulfide) groups is 1. The van der Waals surface area contributed by atoms with Gasteiger partial charge in [0.05, 0.1) is 0 Å². The molecule has 0 fully saturated rings. The highest BCUT2D eigenvalue weighted by Crippen LogP contribution is 2.41. The third-order valence-electron chi connectivity index (χ3n) is 3.79. The van der Waals surface area contributed by atoms with Crippen molar-refractivity contribution in [2.24, 2.45) is 0 Å². The Labute approximate surface area is 140 Å². The summed E-state index contributed by atoms with van der Waals surface area (Å²) in [6.45, 7) is 3.45. The Bertz CT molecular complexity index is 680. The highest BCUT2D eigenvalue weighted by molar-refractivity contribution is 8.14. The first-order valence-electron chi connectivity index (χ1n) is 7.48. The predicted molar refractivity (Wildman–Crippen MR) is 94.4 cm³/mol. The number of rotatable bonds is 6. The van der Waals surface area contributed by atoms with Gasteiger partial charge in [0, 0.05) is 18.1 Å². The third kappa shape index (κ3) is 4.70. The summed E-state index contributed by atoms with van der Waals surface area (Å²) in [7, 11) is 0. The van der Waals surface area contributed by atoms with Crippen LogP contribution >= 0.6 is 11.8 Å². The Balaban J connectivity index is 2.28. The van der Waals surface area contributed by atoms with Crippen LogP contribution in [0.2, 0.25) is 0 Å². The van der Waals surface area contributed by atoms with E-state index in [0.29, 0.717) is 6.42 Å². The van der Waals surface area contributed by atoms with Crippen LogP contribution in [0.1, 0.15) is 32.3 Å². The minimum atomic E-state index is -0.846. The normalized spacial score (nSPS) is 13.3. The standard InChI is InChI=1S/C19H20O3S/c1-14(20)23-19(2,13-12-18(21)22)17-10-8-16(9-11-17)15-6-4-3-5-7-15/h3-11H,12-13H2,1-2H3,(H,21,22). The van der Waals surface area contributed by atoms with Gasteiger partial charge >= 0.3 is 5.97 Å². The van der Waals surface area contributed by atoms with Crippen LogP contribution in [-0.4, -0.2) is 16.2 Å². The zero-order valence-corrected chi connectivity index (χ0v) is 14.1. The fourth-order valence-electron chi connectivity index (χ4n) is 2.56. The Hall–Kier alpha value is -2.07. The van der Waals surface area contributed by atoms with Gasteiger partial charge in [-0.15, -0.1) is 0 Å². The molecule has 2 rings (SSSR count). The van der Waals surface area contributed by atoms with Gasteiger partial charge in [0.2, 0.25) is 0 Å². The predicted octanol–water partition coefficient (Wildman–Crippen LogP) is 4.71. The molecule has 2 aromatic carbocycles. The van der Waals surface area contributed by atoms with E-state index in [-0.39, 0.29) is 11.5 Å². The van der Waals surface area contributed by atoms with Crippen molar-refractivity contribution in [1.29, 1.82) is 0 Å². The van der Waals surface area contributed by atoms with Gasteiger partial charge in [0.25, 0.3) is 0 Å². The number of hydrogen-bond donors (Lipinski definition) is 1. The van der Waals surface area contributed by atoms with E-state index in [1.165, 1.54) is 18.7 Å². The second kappa shape index (κ2) is 7.47. The lowest BCUT2D eigenvalue weighted by Crippen LogP contribution is -2.20. The van der Waals surface area contributed by atoms with Gasteiger partial charge < -0.3 is 5.11 Å². The number of carboxylic acid groups (broad SMARTS) is 1. The molecule has 4 heteroatoms. The molecule has 1 N–H and O–H groups in total. The SMILES string of the molecule is CC(=O)SC(C)(CCC(=O)O)c1ccc(-c2ccccc2)cc1.